The highest BCUT2D eigenvalue weighted by Gasteiger charge is 2.09. The fraction of sp³-hybridized carbons (Fsp3) is 0.188. The summed E-state index contributed by atoms with van der Waals surface area (Å²) in [5.74, 6) is -0.201. The monoisotopic (exact) mass is 269 g/mol. The Labute approximate surface area is 118 Å². The highest BCUT2D eigenvalue weighted by atomic mass is 16.1. The maximum Gasteiger partial charge on any atom is 0.255 e. The van der Waals surface area contributed by atoms with Crippen molar-refractivity contribution in [3.63, 3.8) is 0 Å². The van der Waals surface area contributed by atoms with E-state index in [0.717, 1.165) is 24.1 Å². The number of benzene rings is 2. The number of aryl methyl sites for hydroxylation is 1. The van der Waals surface area contributed by atoms with Gasteiger partial charge in [0.1, 0.15) is 0 Å². The van der Waals surface area contributed by atoms with Crippen LogP contribution >= 0.6 is 0 Å². The molecule has 2 aromatic rings. The van der Waals surface area contributed by atoms with Crippen LogP contribution in [0.2, 0.25) is 0 Å². The van der Waals surface area contributed by atoms with Gasteiger partial charge in [-0.3, -0.25) is 4.79 Å². The standard InChI is InChI=1S/C16H19N3O/c1-2-5-11-6-3-4-7-15(11)19-16(20)12-8-13(17)10-14(18)9-12/h3-4,6-10H,2,5,17-18H2,1H3,(H,19,20). The third-order valence-corrected chi connectivity index (χ3v) is 3.02. The highest BCUT2D eigenvalue weighted by molar-refractivity contribution is 6.05. The number of nitrogens with one attached hydrogen (secondary N) is 1. The van der Waals surface area contributed by atoms with Gasteiger partial charge in [0, 0.05) is 22.6 Å². The van der Waals surface area contributed by atoms with Crippen molar-refractivity contribution in [1.82, 2.24) is 0 Å². The second-order valence-corrected chi connectivity index (χ2v) is 4.75. The van der Waals surface area contributed by atoms with Gasteiger partial charge in [0.25, 0.3) is 5.91 Å². The van der Waals surface area contributed by atoms with Crippen LogP contribution in [0, 0.1) is 0 Å². The Morgan fingerprint density at radius 2 is 1.75 bits per heavy atom. The summed E-state index contributed by atoms with van der Waals surface area (Å²) in [6, 6.07) is 12.7. The Hall–Kier alpha value is -2.49. The molecule has 0 saturated heterocycles. The third-order valence-electron chi connectivity index (χ3n) is 3.02. The zero-order valence-electron chi connectivity index (χ0n) is 11.5. The number of carbonyl (C=O) groups is 1. The van der Waals surface area contributed by atoms with E-state index in [-0.39, 0.29) is 5.91 Å². The zero-order chi connectivity index (χ0) is 14.5. The van der Waals surface area contributed by atoms with Gasteiger partial charge in [-0.05, 0) is 36.2 Å². The smallest absolute Gasteiger partial charge is 0.255 e. The molecule has 0 spiro atoms. The van der Waals surface area contributed by atoms with E-state index in [4.69, 9.17) is 11.5 Å². The first-order valence-electron chi connectivity index (χ1n) is 6.65. The molecule has 1 amide bonds. The first-order valence-corrected chi connectivity index (χ1v) is 6.65. The van der Waals surface area contributed by atoms with E-state index in [1.165, 1.54) is 0 Å². The molecule has 0 aliphatic carbocycles. The average Bonchev–Trinajstić information content (AvgIpc) is 2.40. The maximum atomic E-state index is 12.3. The molecule has 0 fully saturated rings. The van der Waals surface area contributed by atoms with Crippen molar-refractivity contribution in [3.8, 4) is 0 Å². The molecule has 0 radical (unpaired) electrons. The Balaban J connectivity index is 2.23. The molecule has 0 bridgehead atoms. The van der Waals surface area contributed by atoms with Crippen molar-refractivity contribution in [2.24, 2.45) is 0 Å². The lowest BCUT2D eigenvalue weighted by atomic mass is 10.1. The predicted octanol–water partition coefficient (Wildman–Crippen LogP) is 3.06. The van der Waals surface area contributed by atoms with Crippen LogP contribution in [0.5, 0.6) is 0 Å². The van der Waals surface area contributed by atoms with E-state index >= 15 is 0 Å². The third kappa shape index (κ3) is 3.29. The first-order chi connectivity index (χ1) is 9.60. The van der Waals surface area contributed by atoms with Gasteiger partial charge in [-0.1, -0.05) is 31.5 Å². The lowest BCUT2D eigenvalue weighted by Gasteiger charge is -2.11. The predicted molar refractivity (Wildman–Crippen MR) is 83.7 cm³/mol. The molecule has 4 nitrogen and oxygen atoms in total. The van der Waals surface area contributed by atoms with Crippen LogP contribution < -0.4 is 16.8 Å². The normalized spacial score (nSPS) is 10.2. The summed E-state index contributed by atoms with van der Waals surface area (Å²) in [4.78, 5) is 12.3. The summed E-state index contributed by atoms with van der Waals surface area (Å²) >= 11 is 0. The molecule has 20 heavy (non-hydrogen) atoms. The van der Waals surface area contributed by atoms with Crippen molar-refractivity contribution >= 4 is 23.0 Å². The molecule has 0 saturated carbocycles. The van der Waals surface area contributed by atoms with Crippen LogP contribution in [0.4, 0.5) is 17.1 Å². The van der Waals surface area contributed by atoms with Gasteiger partial charge in [0.05, 0.1) is 0 Å². The molecule has 0 aromatic heterocycles. The number of rotatable bonds is 4. The van der Waals surface area contributed by atoms with Crippen molar-refractivity contribution in [2.75, 3.05) is 16.8 Å². The molecule has 4 heteroatoms. The van der Waals surface area contributed by atoms with Crippen LogP contribution in [0.3, 0.4) is 0 Å². The molecule has 104 valence electrons. The van der Waals surface area contributed by atoms with E-state index in [1.807, 2.05) is 24.3 Å². The number of hydrogen-bond donors (Lipinski definition) is 3. The minimum absolute atomic E-state index is 0.201. The van der Waals surface area contributed by atoms with E-state index in [1.54, 1.807) is 18.2 Å². The lowest BCUT2D eigenvalue weighted by molar-refractivity contribution is 0.102. The number of nitrogen functional groups attached to an aromatic ring is 2. The van der Waals surface area contributed by atoms with Crippen LogP contribution in [0.1, 0.15) is 29.3 Å². The quantitative estimate of drug-likeness (QED) is 0.746. The fourth-order valence-electron chi connectivity index (χ4n) is 2.13. The largest absolute Gasteiger partial charge is 0.399 e. The first kappa shape index (κ1) is 13.9. The Bertz CT molecular complexity index is 603. The molecule has 5 N–H and O–H groups in total. The zero-order valence-corrected chi connectivity index (χ0v) is 11.5. The molecular weight excluding hydrogens is 250 g/mol. The summed E-state index contributed by atoms with van der Waals surface area (Å²) in [5, 5.41) is 2.92. The molecule has 2 aromatic carbocycles. The Kier molecular flexibility index (Phi) is 4.25. The van der Waals surface area contributed by atoms with Gasteiger partial charge >= 0.3 is 0 Å². The molecule has 0 heterocycles. The van der Waals surface area contributed by atoms with Crippen molar-refractivity contribution < 1.29 is 4.79 Å². The van der Waals surface area contributed by atoms with E-state index in [9.17, 15) is 4.79 Å². The number of anilines is 3. The summed E-state index contributed by atoms with van der Waals surface area (Å²) < 4.78 is 0. The van der Waals surface area contributed by atoms with E-state index in [2.05, 4.69) is 12.2 Å². The van der Waals surface area contributed by atoms with Crippen molar-refractivity contribution in [3.05, 3.63) is 53.6 Å². The molecule has 2 rings (SSSR count). The topological polar surface area (TPSA) is 81.1 Å². The van der Waals surface area contributed by atoms with E-state index < -0.39 is 0 Å². The number of amides is 1. The maximum absolute atomic E-state index is 12.3. The molecule has 0 aliphatic heterocycles. The van der Waals surface area contributed by atoms with Crippen molar-refractivity contribution in [1.29, 1.82) is 0 Å². The van der Waals surface area contributed by atoms with Gasteiger partial charge in [0.2, 0.25) is 0 Å². The van der Waals surface area contributed by atoms with E-state index in [0.29, 0.717) is 16.9 Å². The average molecular weight is 269 g/mol. The fourth-order valence-corrected chi connectivity index (χ4v) is 2.13. The Morgan fingerprint density at radius 3 is 2.40 bits per heavy atom. The number of para-hydroxylation sites is 1. The second kappa shape index (κ2) is 6.10. The highest BCUT2D eigenvalue weighted by Crippen LogP contribution is 2.19. The van der Waals surface area contributed by atoms with Gasteiger partial charge in [-0.15, -0.1) is 0 Å². The summed E-state index contributed by atoms with van der Waals surface area (Å²) in [7, 11) is 0. The molecule has 0 aliphatic rings. The van der Waals surface area contributed by atoms with Gasteiger partial charge in [-0.2, -0.15) is 0 Å². The summed E-state index contributed by atoms with van der Waals surface area (Å²) in [6.07, 6.45) is 1.95. The Morgan fingerprint density at radius 1 is 1.10 bits per heavy atom. The molecule has 0 atom stereocenters. The summed E-state index contributed by atoms with van der Waals surface area (Å²) in [5.41, 5.74) is 14.8. The minimum Gasteiger partial charge on any atom is -0.399 e. The van der Waals surface area contributed by atoms with Crippen molar-refractivity contribution in [2.45, 2.75) is 19.8 Å². The van der Waals surface area contributed by atoms with Crippen LogP contribution in [0.25, 0.3) is 0 Å². The van der Waals surface area contributed by atoms with Gasteiger partial charge in [-0.25, -0.2) is 0 Å². The molecule has 0 unspecified atom stereocenters. The number of hydrogen-bond acceptors (Lipinski definition) is 3. The number of nitrogens with two attached hydrogens (primary N) is 2. The lowest BCUT2D eigenvalue weighted by Crippen LogP contribution is -2.14. The van der Waals surface area contributed by atoms with Crippen LogP contribution in [-0.2, 0) is 6.42 Å². The SMILES string of the molecule is CCCc1ccccc1NC(=O)c1cc(N)cc(N)c1. The van der Waals surface area contributed by atoms with Gasteiger partial charge in [0.15, 0.2) is 0 Å². The summed E-state index contributed by atoms with van der Waals surface area (Å²) in [6.45, 7) is 2.11. The van der Waals surface area contributed by atoms with Gasteiger partial charge < -0.3 is 16.8 Å². The second-order valence-electron chi connectivity index (χ2n) is 4.75. The van der Waals surface area contributed by atoms with Crippen LogP contribution in [-0.4, -0.2) is 5.91 Å². The number of carbonyl (C=O) groups excluding carboxylic acids is 1. The van der Waals surface area contributed by atoms with Crippen LogP contribution in [0.15, 0.2) is 42.5 Å². The molecular formula is C16H19N3O. The minimum atomic E-state index is -0.201.